The number of ether oxygens (including phenoxy) is 1. The Labute approximate surface area is 396 Å². The fourth-order valence-corrected chi connectivity index (χ4v) is 7.71. The molecule has 0 aliphatic carbocycles. The Hall–Kier alpha value is -6.60. The summed E-state index contributed by atoms with van der Waals surface area (Å²) in [6.07, 6.45) is -7.22. The van der Waals surface area contributed by atoms with Crippen molar-refractivity contribution in [3.05, 3.63) is 194 Å². The van der Waals surface area contributed by atoms with Gasteiger partial charge in [-0.1, -0.05) is 42.5 Å². The van der Waals surface area contributed by atoms with Crippen LogP contribution in [0.1, 0.15) is 20.8 Å². The molecule has 0 saturated carbocycles. The average molecular weight is 1090 g/mol. The molecular weight excluding hydrogens is 1080 g/mol. The topological polar surface area (TPSA) is 47.2 Å². The molecule has 0 amide bonds. The van der Waals surface area contributed by atoms with Gasteiger partial charge in [-0.15, -0.1) is 21.9 Å². The highest BCUT2D eigenvalue weighted by atomic mass is 35.6. The SMILES string of the molecule is Fc1c(F)c(F)c([B-](c2c(F)c(F)c(F)c(F)c2F)(c2c(F)c(F)c(F)c(F)c2F)c2c(F)c(F)c(F)c(F)c2F)c(F)c1F.O=C(C[n+]1c(C(=O)OC(Cl)(Cl)Cl)ccc2ccccc21)c1ccccc1. The number of hydrogen-bond acceptors (Lipinski definition) is 3. The molecule has 28 heteroatoms. The molecule has 0 aliphatic rings. The van der Waals surface area contributed by atoms with E-state index in [1.54, 1.807) is 47.0 Å². The fraction of sp³-hybridized carbons (Fsp3) is 0.0465. The van der Waals surface area contributed by atoms with Gasteiger partial charge in [0, 0.05) is 23.1 Å². The molecule has 0 aliphatic heterocycles. The van der Waals surface area contributed by atoms with Crippen LogP contribution in [0.25, 0.3) is 10.9 Å². The van der Waals surface area contributed by atoms with Gasteiger partial charge in [0.15, 0.2) is 69.8 Å². The van der Waals surface area contributed by atoms with Gasteiger partial charge in [0.1, 0.15) is 52.7 Å². The Morgan fingerprint density at radius 1 is 0.408 bits per heavy atom. The summed E-state index contributed by atoms with van der Waals surface area (Å²) in [6, 6.07) is 19.5. The Morgan fingerprint density at radius 2 is 0.704 bits per heavy atom. The summed E-state index contributed by atoms with van der Waals surface area (Å²) in [5.41, 5.74) is -13.0. The third kappa shape index (κ3) is 9.06. The molecule has 7 aromatic rings. The summed E-state index contributed by atoms with van der Waals surface area (Å²) in [4.78, 5) is 25.1. The number of para-hydroxylation sites is 1. The van der Waals surface area contributed by atoms with E-state index >= 15 is 35.1 Å². The van der Waals surface area contributed by atoms with Crippen LogP contribution in [0.3, 0.4) is 0 Å². The third-order valence-electron chi connectivity index (χ3n) is 10.5. The minimum atomic E-state index is -7.22. The molecule has 372 valence electrons. The summed E-state index contributed by atoms with van der Waals surface area (Å²) in [7, 11) is 0. The molecule has 4 nitrogen and oxygen atoms in total. The summed E-state index contributed by atoms with van der Waals surface area (Å²) >= 11 is 16.7. The van der Waals surface area contributed by atoms with Crippen molar-refractivity contribution in [2.45, 2.75) is 10.5 Å². The molecule has 1 heterocycles. The van der Waals surface area contributed by atoms with Gasteiger partial charge < -0.3 is 4.74 Å². The Balaban J connectivity index is 0.000000268. The number of carbonyl (C=O) groups excluding carboxylic acids is 2. The molecule has 0 spiro atoms. The van der Waals surface area contributed by atoms with Crippen molar-refractivity contribution in [2.24, 2.45) is 0 Å². The van der Waals surface area contributed by atoms with Crippen molar-refractivity contribution >= 4 is 85.5 Å². The number of rotatable bonds is 8. The number of hydrogen-bond donors (Lipinski definition) is 0. The van der Waals surface area contributed by atoms with Crippen molar-refractivity contribution in [1.29, 1.82) is 0 Å². The van der Waals surface area contributed by atoms with Crippen molar-refractivity contribution in [3.8, 4) is 0 Å². The van der Waals surface area contributed by atoms with E-state index in [1.165, 1.54) is 0 Å². The first-order chi connectivity index (χ1) is 33.1. The van der Waals surface area contributed by atoms with E-state index in [1.807, 2.05) is 24.3 Å². The lowest BCUT2D eigenvalue weighted by Gasteiger charge is -2.44. The normalized spacial score (nSPS) is 11.8. The lowest BCUT2D eigenvalue weighted by atomic mass is 9.12. The largest absolute Gasteiger partial charge is 0.407 e. The standard InChI is InChI=1S/C24BF20.C19H13Cl3NO3/c26-5-1(6(27)14(35)21(42)13(5)34)25(2-7(28)15(36)22(43)16(37)8(2)29,3-9(30)17(38)23(44)18(39)10(3)31)4-11(32)19(40)24(45)20(41)12(4)33;20-19(21,22)26-18(25)16-11-10-13-6-4-5-9-15(13)23(16)12-17(24)14-7-2-1-3-8-14/h;1-11H,12H2/q-1;+1. The zero-order valence-corrected chi connectivity index (χ0v) is 35.8. The van der Waals surface area contributed by atoms with Crippen LogP contribution in [-0.2, 0) is 11.3 Å². The summed E-state index contributed by atoms with van der Waals surface area (Å²) in [5.74, 6) is -72.4. The first-order valence-corrected chi connectivity index (χ1v) is 19.7. The first-order valence-electron chi connectivity index (χ1n) is 18.6. The minimum absolute atomic E-state index is 0.0599. The molecule has 0 saturated heterocycles. The number of fused-ring (bicyclic) bond motifs is 1. The number of pyridine rings is 1. The number of esters is 1. The Kier molecular flexibility index (Phi) is 15.1. The second kappa shape index (κ2) is 19.9. The van der Waals surface area contributed by atoms with Gasteiger partial charge >= 0.3 is 9.95 Å². The maximum Gasteiger partial charge on any atom is 0.407 e. The van der Waals surface area contributed by atoms with E-state index in [4.69, 9.17) is 39.5 Å². The number of alkyl halides is 3. The Morgan fingerprint density at radius 3 is 1.03 bits per heavy atom. The van der Waals surface area contributed by atoms with Gasteiger partial charge in [-0.2, -0.15) is 4.57 Å². The highest BCUT2D eigenvalue weighted by molar-refractivity contribution is 7.20. The smallest absolute Gasteiger partial charge is 0.406 e. The van der Waals surface area contributed by atoms with Crippen LogP contribution in [0.2, 0.25) is 0 Å². The van der Waals surface area contributed by atoms with E-state index in [9.17, 15) is 62.3 Å². The number of benzene rings is 6. The maximum atomic E-state index is 15.4. The predicted octanol–water partition coefficient (Wildman–Crippen LogP) is 10.3. The van der Waals surface area contributed by atoms with Gasteiger partial charge in [-0.25, -0.2) is 92.6 Å². The third-order valence-corrected chi connectivity index (χ3v) is 10.7. The monoisotopic (exact) mass is 1090 g/mol. The highest BCUT2D eigenvalue weighted by Crippen LogP contribution is 2.32. The van der Waals surface area contributed by atoms with Crippen LogP contribution in [0.5, 0.6) is 0 Å². The molecule has 0 radical (unpaired) electrons. The van der Waals surface area contributed by atoms with Gasteiger partial charge in [0.05, 0.1) is 0 Å². The Bertz CT molecular complexity index is 2980. The van der Waals surface area contributed by atoms with E-state index in [2.05, 4.69) is 0 Å². The van der Waals surface area contributed by atoms with E-state index < -0.39 is 154 Å². The number of Topliss-reactive ketones (excluding diaryl/α,β-unsaturated/α-hetero) is 1. The van der Waals surface area contributed by atoms with Crippen molar-refractivity contribution in [3.63, 3.8) is 0 Å². The number of nitrogens with zero attached hydrogens (tertiary/aromatic N) is 1. The van der Waals surface area contributed by atoms with Crippen molar-refractivity contribution in [1.82, 2.24) is 0 Å². The van der Waals surface area contributed by atoms with Crippen molar-refractivity contribution < 1.29 is 107 Å². The summed E-state index contributed by atoms with van der Waals surface area (Å²) in [5, 5.41) is 0.860. The molecule has 0 unspecified atom stereocenters. The molecule has 0 bridgehead atoms. The lowest BCUT2D eigenvalue weighted by Crippen LogP contribution is -2.81. The molecule has 6 aromatic carbocycles. The van der Waals surface area contributed by atoms with Crippen LogP contribution in [0, 0.1) is 116 Å². The van der Waals surface area contributed by atoms with E-state index in [-0.39, 0.29) is 18.0 Å². The summed E-state index contributed by atoms with van der Waals surface area (Å²) in [6.45, 7) is -0.0599. The molecule has 71 heavy (non-hydrogen) atoms. The molecule has 1 aromatic heterocycles. The molecule has 0 N–H and O–H groups in total. The van der Waals surface area contributed by atoms with Crippen LogP contribution in [0.15, 0.2) is 66.7 Å². The van der Waals surface area contributed by atoms with Gasteiger partial charge in [-0.3, -0.25) is 4.79 Å². The quantitative estimate of drug-likeness (QED) is 0.0223. The molecule has 0 atom stereocenters. The number of halogens is 23. The lowest BCUT2D eigenvalue weighted by molar-refractivity contribution is -0.659. The van der Waals surface area contributed by atoms with Crippen LogP contribution in [0.4, 0.5) is 87.8 Å². The fourth-order valence-electron chi connectivity index (χ4n) is 7.50. The second-order valence-corrected chi connectivity index (χ2v) is 16.5. The number of aromatic nitrogens is 1. The van der Waals surface area contributed by atoms with Crippen molar-refractivity contribution in [2.75, 3.05) is 0 Å². The maximum absolute atomic E-state index is 15.4. The number of carbonyl (C=O) groups is 2. The zero-order chi connectivity index (χ0) is 53.1. The van der Waals surface area contributed by atoms with Gasteiger partial charge in [0.25, 0.3) is 5.69 Å². The van der Waals surface area contributed by atoms with Gasteiger partial charge in [0.2, 0.25) is 17.8 Å². The predicted molar refractivity (Wildman–Crippen MR) is 210 cm³/mol. The average Bonchev–Trinajstić information content (AvgIpc) is 3.33. The number of ketones is 1. The molecular formula is C43H13BCl3F20NO3. The molecule has 7 rings (SSSR count). The first kappa shape index (κ1) is 53.8. The van der Waals surface area contributed by atoms with E-state index in [0.717, 1.165) is 5.39 Å². The van der Waals surface area contributed by atoms with Gasteiger partial charge in [-0.05, 0) is 46.9 Å². The summed E-state index contributed by atoms with van der Waals surface area (Å²) < 4.78 is 298. The molecule has 0 fully saturated rings. The minimum Gasteiger partial charge on any atom is -0.406 e. The van der Waals surface area contributed by atoms with Crippen LogP contribution >= 0.6 is 34.8 Å². The van der Waals surface area contributed by atoms with Crippen LogP contribution < -0.4 is 26.4 Å². The van der Waals surface area contributed by atoms with E-state index in [0.29, 0.717) is 11.1 Å². The second-order valence-electron chi connectivity index (χ2n) is 14.3. The zero-order valence-electron chi connectivity index (χ0n) is 33.5. The van der Waals surface area contributed by atoms with Crippen LogP contribution in [-0.4, -0.2) is 21.9 Å². The highest BCUT2D eigenvalue weighted by Gasteiger charge is 2.52.